The first-order valence-corrected chi connectivity index (χ1v) is 9.06. The third-order valence-electron chi connectivity index (χ3n) is 5.31. The van der Waals surface area contributed by atoms with Crippen molar-refractivity contribution in [3.05, 3.63) is 59.9 Å². The van der Waals surface area contributed by atoms with E-state index in [9.17, 15) is 9.18 Å². The highest BCUT2D eigenvalue weighted by molar-refractivity contribution is 5.91. The quantitative estimate of drug-likeness (QED) is 0.845. The van der Waals surface area contributed by atoms with E-state index >= 15 is 0 Å². The maximum absolute atomic E-state index is 14.3. The molecular weight excluding hydrogens is 333 g/mol. The maximum Gasteiger partial charge on any atom is 0.233 e. The van der Waals surface area contributed by atoms with Gasteiger partial charge in [0.2, 0.25) is 5.91 Å². The molecule has 6 heteroatoms. The molecule has 0 radical (unpaired) electrons. The lowest BCUT2D eigenvalue weighted by Crippen LogP contribution is -2.43. The number of ether oxygens (including phenoxy) is 1. The molecule has 1 aliphatic carbocycles. The Labute approximate surface area is 152 Å². The number of halogens is 1. The molecule has 0 bridgehead atoms. The zero-order chi connectivity index (χ0) is 18.0. The van der Waals surface area contributed by atoms with E-state index < -0.39 is 5.41 Å². The van der Waals surface area contributed by atoms with E-state index in [0.29, 0.717) is 44.7 Å². The summed E-state index contributed by atoms with van der Waals surface area (Å²) in [5.41, 5.74) is 0.787. The van der Waals surface area contributed by atoms with Gasteiger partial charge in [-0.15, -0.1) is 0 Å². The Kier molecular flexibility index (Phi) is 4.68. The Morgan fingerprint density at radius 3 is 2.88 bits per heavy atom. The molecule has 1 amide bonds. The summed E-state index contributed by atoms with van der Waals surface area (Å²) in [6.45, 7) is 2.27. The first-order valence-electron chi connectivity index (χ1n) is 9.06. The topological polar surface area (TPSA) is 55.3 Å². The summed E-state index contributed by atoms with van der Waals surface area (Å²) in [4.78, 5) is 23.3. The predicted molar refractivity (Wildman–Crippen MR) is 93.9 cm³/mol. The van der Waals surface area contributed by atoms with Crippen LogP contribution >= 0.6 is 0 Å². The van der Waals surface area contributed by atoms with Crippen LogP contribution in [0.15, 0.2) is 42.9 Å². The van der Waals surface area contributed by atoms with Crippen LogP contribution < -0.4 is 0 Å². The first-order chi connectivity index (χ1) is 12.7. The second kappa shape index (κ2) is 7.11. The van der Waals surface area contributed by atoms with Crippen LogP contribution in [0.1, 0.15) is 24.1 Å². The Hall–Kier alpha value is -2.34. The molecule has 1 atom stereocenters. The number of hydrogen-bond acceptors (Lipinski definition) is 4. The summed E-state index contributed by atoms with van der Waals surface area (Å²) in [6.07, 6.45) is 5.41. The molecule has 1 saturated heterocycles. The molecule has 2 fully saturated rings. The third-order valence-corrected chi connectivity index (χ3v) is 5.31. The average Bonchev–Trinajstić information content (AvgIpc) is 3.48. The summed E-state index contributed by atoms with van der Waals surface area (Å²) >= 11 is 0. The second-order valence-corrected chi connectivity index (χ2v) is 7.16. The molecule has 1 saturated carbocycles. The highest BCUT2D eigenvalue weighted by Crippen LogP contribution is 2.50. The number of hydrogen-bond donors (Lipinski definition) is 0. The van der Waals surface area contributed by atoms with Gasteiger partial charge in [0.15, 0.2) is 0 Å². The van der Waals surface area contributed by atoms with Gasteiger partial charge >= 0.3 is 0 Å². The normalized spacial score (nSPS) is 21.9. The summed E-state index contributed by atoms with van der Waals surface area (Å²) in [7, 11) is 0. The average molecular weight is 355 g/mol. The molecule has 1 unspecified atom stereocenters. The molecule has 26 heavy (non-hydrogen) atoms. The minimum Gasteiger partial charge on any atom is -0.379 e. The third kappa shape index (κ3) is 3.33. The van der Waals surface area contributed by atoms with Crippen molar-refractivity contribution in [1.82, 2.24) is 14.9 Å². The zero-order valence-corrected chi connectivity index (χ0v) is 14.6. The molecule has 1 aromatic carbocycles. The van der Waals surface area contributed by atoms with Crippen LogP contribution in [-0.4, -0.2) is 47.1 Å². The van der Waals surface area contributed by atoms with Crippen LogP contribution in [0.2, 0.25) is 0 Å². The van der Waals surface area contributed by atoms with E-state index in [0.717, 1.165) is 12.1 Å². The summed E-state index contributed by atoms with van der Waals surface area (Å²) in [6, 6.07) is 8.53. The van der Waals surface area contributed by atoms with Crippen LogP contribution in [0.25, 0.3) is 0 Å². The molecule has 0 N–H and O–H groups in total. The summed E-state index contributed by atoms with van der Waals surface area (Å²) in [5, 5.41) is 0. The van der Waals surface area contributed by atoms with Gasteiger partial charge in [-0.1, -0.05) is 18.2 Å². The molecule has 5 nitrogen and oxygen atoms in total. The van der Waals surface area contributed by atoms with Gasteiger partial charge in [0.25, 0.3) is 0 Å². The monoisotopic (exact) mass is 355 g/mol. The lowest BCUT2D eigenvalue weighted by atomic mass is 9.93. The highest BCUT2D eigenvalue weighted by Gasteiger charge is 2.54. The fraction of sp³-hybridized carbons (Fsp3) is 0.450. The number of aromatic nitrogens is 2. The number of carbonyl (C=O) groups is 1. The van der Waals surface area contributed by atoms with Crippen molar-refractivity contribution >= 4 is 5.91 Å². The van der Waals surface area contributed by atoms with Gasteiger partial charge in [-0.05, 0) is 31.4 Å². The number of rotatable bonds is 4. The molecule has 2 aliphatic rings. The van der Waals surface area contributed by atoms with Gasteiger partial charge in [0.05, 0.1) is 18.6 Å². The fourth-order valence-electron chi connectivity index (χ4n) is 3.80. The molecule has 1 aromatic heterocycles. The van der Waals surface area contributed by atoms with Gasteiger partial charge < -0.3 is 9.64 Å². The number of benzene rings is 1. The maximum atomic E-state index is 14.3. The molecule has 4 rings (SSSR count). The zero-order valence-electron chi connectivity index (χ0n) is 14.6. The predicted octanol–water partition coefficient (Wildman–Crippen LogP) is 2.36. The Bertz CT molecular complexity index is 780. The molecule has 1 aliphatic heterocycles. The van der Waals surface area contributed by atoms with E-state index in [1.54, 1.807) is 24.4 Å². The van der Waals surface area contributed by atoms with Gasteiger partial charge in [-0.3, -0.25) is 4.79 Å². The van der Waals surface area contributed by atoms with Crippen LogP contribution in [0.5, 0.6) is 0 Å². The summed E-state index contributed by atoms with van der Waals surface area (Å²) in [5.74, 6) is -0.0875. The van der Waals surface area contributed by atoms with Crippen LogP contribution in [-0.2, 0) is 21.4 Å². The van der Waals surface area contributed by atoms with Crippen molar-refractivity contribution in [2.75, 3.05) is 26.3 Å². The Morgan fingerprint density at radius 2 is 2.15 bits per heavy atom. The van der Waals surface area contributed by atoms with E-state index in [1.807, 2.05) is 11.0 Å². The van der Waals surface area contributed by atoms with Gasteiger partial charge in [0.1, 0.15) is 12.1 Å². The van der Waals surface area contributed by atoms with Crippen LogP contribution in [0.3, 0.4) is 0 Å². The Morgan fingerprint density at radius 1 is 1.31 bits per heavy atom. The fourth-order valence-corrected chi connectivity index (χ4v) is 3.80. The molecule has 2 aromatic rings. The van der Waals surface area contributed by atoms with Crippen LogP contribution in [0.4, 0.5) is 4.39 Å². The van der Waals surface area contributed by atoms with Crippen molar-refractivity contribution in [3.63, 3.8) is 0 Å². The lowest BCUT2D eigenvalue weighted by molar-refractivity contribution is -0.134. The number of nitrogens with zero attached hydrogens (tertiary/aromatic N) is 3. The van der Waals surface area contributed by atoms with E-state index in [4.69, 9.17) is 4.74 Å². The van der Waals surface area contributed by atoms with Crippen molar-refractivity contribution in [3.8, 4) is 0 Å². The SMILES string of the molecule is O=C(N1CCOCC(Cc2ccncn2)C1)C1(c2ccccc2F)CC1. The largest absolute Gasteiger partial charge is 0.379 e. The number of carbonyl (C=O) groups excluding carboxylic acids is 1. The molecule has 2 heterocycles. The first kappa shape index (κ1) is 17.1. The smallest absolute Gasteiger partial charge is 0.233 e. The standard InChI is InChI=1S/C20H22FN3O2/c21-18-4-2-1-3-17(18)20(6-7-20)19(25)24-9-10-26-13-15(12-24)11-16-5-8-22-14-23-16/h1-5,8,14-15H,6-7,9-13H2. The van der Waals surface area contributed by atoms with Crippen molar-refractivity contribution in [2.45, 2.75) is 24.7 Å². The van der Waals surface area contributed by atoms with Gasteiger partial charge in [-0.25, -0.2) is 14.4 Å². The minimum absolute atomic E-state index is 0.0285. The summed E-state index contributed by atoms with van der Waals surface area (Å²) < 4.78 is 20.0. The van der Waals surface area contributed by atoms with E-state index in [1.165, 1.54) is 12.4 Å². The Balaban J connectivity index is 1.51. The molecule has 0 spiro atoms. The van der Waals surface area contributed by atoms with E-state index in [2.05, 4.69) is 9.97 Å². The molecule has 136 valence electrons. The van der Waals surface area contributed by atoms with E-state index in [-0.39, 0.29) is 17.6 Å². The van der Waals surface area contributed by atoms with Crippen molar-refractivity contribution in [2.24, 2.45) is 5.92 Å². The lowest BCUT2D eigenvalue weighted by Gasteiger charge is -2.28. The van der Waals surface area contributed by atoms with Gasteiger partial charge in [0, 0.05) is 36.5 Å². The molecular formula is C20H22FN3O2. The van der Waals surface area contributed by atoms with Crippen LogP contribution in [0, 0.1) is 11.7 Å². The second-order valence-electron chi connectivity index (χ2n) is 7.16. The minimum atomic E-state index is -0.685. The van der Waals surface area contributed by atoms with Gasteiger partial charge in [-0.2, -0.15) is 0 Å². The highest BCUT2D eigenvalue weighted by atomic mass is 19.1. The van der Waals surface area contributed by atoms with Crippen molar-refractivity contribution in [1.29, 1.82) is 0 Å². The van der Waals surface area contributed by atoms with Crippen molar-refractivity contribution < 1.29 is 13.9 Å². The number of amides is 1.